The molecule has 0 heterocycles. The zero-order chi connectivity index (χ0) is 77.6. The van der Waals surface area contributed by atoms with Crippen LogP contribution in [0.2, 0.25) is 0 Å². The van der Waals surface area contributed by atoms with Gasteiger partial charge in [-0.2, -0.15) is 0 Å². The summed E-state index contributed by atoms with van der Waals surface area (Å²) >= 11 is 0. The fourth-order valence-corrected chi connectivity index (χ4v) is 15.2. The molecule has 0 radical (unpaired) electrons. The molecule has 0 aromatic heterocycles. The van der Waals surface area contributed by atoms with E-state index in [1.54, 1.807) is 0 Å². The Morgan fingerprint density at radius 1 is 0.255 bits per heavy atom. The van der Waals surface area contributed by atoms with Crippen molar-refractivity contribution in [1.82, 2.24) is 0 Å². The van der Waals surface area contributed by atoms with Gasteiger partial charge in [-0.1, -0.05) is 420 Å². The first-order valence-electron chi connectivity index (χ1n) is 45.1. The van der Waals surface area contributed by atoms with Gasteiger partial charge in [0.2, 0.25) is 0 Å². The Labute approximate surface area is 651 Å². The van der Waals surface area contributed by atoms with Crippen LogP contribution in [0.3, 0.4) is 0 Å². The smallest absolute Gasteiger partial charge is 0.462 e. The van der Waals surface area contributed by atoms with Gasteiger partial charge in [-0.3, -0.25) is 37.3 Å². The number of hydrogen-bond donors (Lipinski definition) is 3. The number of carbonyl (C=O) groups is 4. The average molecular weight is 1550 g/mol. The minimum Gasteiger partial charge on any atom is -0.462 e. The number of hydrogen-bond acceptors (Lipinski definition) is 15. The zero-order valence-electron chi connectivity index (χ0n) is 69.6. The minimum atomic E-state index is -4.97. The van der Waals surface area contributed by atoms with Gasteiger partial charge >= 0.3 is 39.5 Å². The van der Waals surface area contributed by atoms with E-state index in [0.717, 1.165) is 95.8 Å². The second-order valence-corrected chi connectivity index (χ2v) is 34.7. The molecule has 106 heavy (non-hydrogen) atoms. The van der Waals surface area contributed by atoms with Crippen molar-refractivity contribution < 1.29 is 80.2 Å². The van der Waals surface area contributed by atoms with E-state index in [1.165, 1.54) is 295 Å². The van der Waals surface area contributed by atoms with Crippen LogP contribution < -0.4 is 0 Å². The lowest BCUT2D eigenvalue weighted by molar-refractivity contribution is -0.161. The van der Waals surface area contributed by atoms with Crippen molar-refractivity contribution in [2.45, 2.75) is 490 Å². The highest BCUT2D eigenvalue weighted by molar-refractivity contribution is 7.47. The Bertz CT molecular complexity index is 2010. The van der Waals surface area contributed by atoms with Crippen LogP contribution >= 0.6 is 15.6 Å². The molecule has 0 aromatic carbocycles. The molecule has 5 atom stereocenters. The molecule has 3 N–H and O–H groups in total. The topological polar surface area (TPSA) is 237 Å². The summed E-state index contributed by atoms with van der Waals surface area (Å²) < 4.78 is 68.9. The number of phosphoric ester groups is 2. The van der Waals surface area contributed by atoms with E-state index in [2.05, 4.69) is 34.6 Å². The standard InChI is InChI=1S/C87H170O17P2/c1-6-9-12-15-18-21-24-27-29-31-33-34-35-37-39-41-44-47-52-58-63-68-73-87(92)103-82(76-97-84(89)70-65-60-55-50-45-43-40-38-36-32-30-28-25-22-19-16-13-10-7-2)78-101-105(93,94)99-74-81(88)75-100-106(95,96)102-79-83(77-98-85(90)71-66-61-56-53-48-49-54-59-64-69-80(4)5)104-86(91)72-67-62-57-51-46-42-26-23-20-17-14-11-8-3/h80-83,88H,6-79H2,1-5H3,(H,93,94)(H,95,96)/t81-,82-,83-/m1/s1. The highest BCUT2D eigenvalue weighted by Gasteiger charge is 2.30. The van der Waals surface area contributed by atoms with Crippen LogP contribution in [-0.2, 0) is 65.4 Å². The Kier molecular flexibility index (Phi) is 78.2. The van der Waals surface area contributed by atoms with E-state index >= 15 is 0 Å². The summed E-state index contributed by atoms with van der Waals surface area (Å²) in [4.78, 5) is 73.2. The van der Waals surface area contributed by atoms with Crippen LogP contribution in [0.5, 0.6) is 0 Å². The van der Waals surface area contributed by atoms with E-state index in [0.29, 0.717) is 25.7 Å². The van der Waals surface area contributed by atoms with Gasteiger partial charge in [0, 0.05) is 25.7 Å². The molecule has 0 saturated carbocycles. The molecule has 630 valence electrons. The number of esters is 4. The second kappa shape index (κ2) is 79.7. The number of phosphoric acid groups is 2. The Balaban J connectivity index is 5.22. The summed E-state index contributed by atoms with van der Waals surface area (Å²) in [5, 5.41) is 10.7. The van der Waals surface area contributed by atoms with Crippen LogP contribution in [0.15, 0.2) is 0 Å². The monoisotopic (exact) mass is 1550 g/mol. The molecule has 0 aliphatic heterocycles. The van der Waals surface area contributed by atoms with Crippen molar-refractivity contribution in [3.05, 3.63) is 0 Å². The molecule has 0 saturated heterocycles. The van der Waals surface area contributed by atoms with Crippen LogP contribution in [0.1, 0.15) is 471 Å². The van der Waals surface area contributed by atoms with Gasteiger partial charge in [0.25, 0.3) is 0 Å². The lowest BCUT2D eigenvalue weighted by atomic mass is 10.0. The predicted molar refractivity (Wildman–Crippen MR) is 437 cm³/mol. The summed E-state index contributed by atoms with van der Waals surface area (Å²) in [6.07, 6.45) is 73.7. The number of ether oxygens (including phenoxy) is 4. The third-order valence-corrected chi connectivity index (χ3v) is 22.4. The van der Waals surface area contributed by atoms with Crippen LogP contribution in [0.25, 0.3) is 0 Å². The molecule has 0 amide bonds. The van der Waals surface area contributed by atoms with Gasteiger partial charge in [-0.15, -0.1) is 0 Å². The summed E-state index contributed by atoms with van der Waals surface area (Å²) in [7, 11) is -9.93. The SMILES string of the molecule is CCCCCCCCCCCCCCCCCCCCCCCCC(=O)O[C@H](COC(=O)CCCCCCCCCCCCCCCCCCCCC)COP(=O)(O)OC[C@@H](O)COP(=O)(O)OC[C@@H](COC(=O)CCCCCCCCCCCC(C)C)OC(=O)CCCCCCCCCCCCCCC. The van der Waals surface area contributed by atoms with Gasteiger partial charge in [0.15, 0.2) is 12.2 Å². The number of unbranched alkanes of at least 4 members (excludes halogenated alkanes) is 59. The zero-order valence-corrected chi connectivity index (χ0v) is 71.4. The van der Waals surface area contributed by atoms with Crippen molar-refractivity contribution in [3.8, 4) is 0 Å². The summed E-state index contributed by atoms with van der Waals surface area (Å²) in [6.45, 7) is 7.35. The molecule has 0 spiro atoms. The summed E-state index contributed by atoms with van der Waals surface area (Å²) in [5.74, 6) is -1.36. The van der Waals surface area contributed by atoms with Crippen molar-refractivity contribution in [3.63, 3.8) is 0 Å². The van der Waals surface area contributed by atoms with Gasteiger partial charge < -0.3 is 33.8 Å². The number of rotatable bonds is 87. The maximum absolute atomic E-state index is 13.2. The van der Waals surface area contributed by atoms with Gasteiger partial charge in [0.1, 0.15) is 19.3 Å². The largest absolute Gasteiger partial charge is 0.472 e. The van der Waals surface area contributed by atoms with Crippen LogP contribution in [0, 0.1) is 5.92 Å². The molecule has 0 rings (SSSR count). The molecule has 0 aliphatic rings. The molecule has 2 unspecified atom stereocenters. The quantitative estimate of drug-likeness (QED) is 0.0222. The molecule has 0 aromatic rings. The van der Waals surface area contributed by atoms with E-state index < -0.39 is 97.5 Å². The lowest BCUT2D eigenvalue weighted by Crippen LogP contribution is -2.30. The number of aliphatic hydroxyl groups excluding tert-OH is 1. The third-order valence-electron chi connectivity index (χ3n) is 20.5. The number of aliphatic hydroxyl groups is 1. The Morgan fingerprint density at radius 2 is 0.434 bits per heavy atom. The maximum Gasteiger partial charge on any atom is 0.472 e. The third kappa shape index (κ3) is 80.1. The summed E-state index contributed by atoms with van der Waals surface area (Å²) in [5.41, 5.74) is 0. The molecule has 0 fully saturated rings. The first kappa shape index (κ1) is 104. The normalized spacial score (nSPS) is 13.7. The molecule has 0 bridgehead atoms. The van der Waals surface area contributed by atoms with Gasteiger partial charge in [0.05, 0.1) is 26.4 Å². The first-order chi connectivity index (χ1) is 51.5. The minimum absolute atomic E-state index is 0.108. The predicted octanol–water partition coefficient (Wildman–Crippen LogP) is 26.8. The van der Waals surface area contributed by atoms with E-state index in [-0.39, 0.29) is 25.7 Å². The van der Waals surface area contributed by atoms with Crippen molar-refractivity contribution >= 4 is 39.5 Å². The Hall–Kier alpha value is -1.94. The first-order valence-corrected chi connectivity index (χ1v) is 48.1. The van der Waals surface area contributed by atoms with E-state index in [9.17, 15) is 43.2 Å². The van der Waals surface area contributed by atoms with E-state index in [1.807, 2.05) is 0 Å². The fraction of sp³-hybridized carbons (Fsp3) is 0.954. The molecule has 17 nitrogen and oxygen atoms in total. The average Bonchev–Trinajstić information content (AvgIpc) is 0.909. The Morgan fingerprint density at radius 3 is 0.642 bits per heavy atom. The molecule has 19 heteroatoms. The molecule has 0 aliphatic carbocycles. The van der Waals surface area contributed by atoms with Crippen molar-refractivity contribution in [1.29, 1.82) is 0 Å². The number of carbonyl (C=O) groups excluding carboxylic acids is 4. The highest BCUT2D eigenvalue weighted by Crippen LogP contribution is 2.45. The van der Waals surface area contributed by atoms with Crippen molar-refractivity contribution in [2.75, 3.05) is 39.6 Å². The van der Waals surface area contributed by atoms with Crippen LogP contribution in [0.4, 0.5) is 0 Å². The van der Waals surface area contributed by atoms with Crippen LogP contribution in [-0.4, -0.2) is 96.7 Å². The summed E-state index contributed by atoms with van der Waals surface area (Å²) in [6, 6.07) is 0. The molecular weight excluding hydrogens is 1380 g/mol. The van der Waals surface area contributed by atoms with Crippen molar-refractivity contribution in [2.24, 2.45) is 5.92 Å². The van der Waals surface area contributed by atoms with Gasteiger partial charge in [-0.05, 0) is 31.6 Å². The fourth-order valence-electron chi connectivity index (χ4n) is 13.6. The molecular formula is C87H170O17P2. The highest BCUT2D eigenvalue weighted by atomic mass is 31.2. The maximum atomic E-state index is 13.2. The lowest BCUT2D eigenvalue weighted by Gasteiger charge is -2.21. The van der Waals surface area contributed by atoms with E-state index in [4.69, 9.17) is 37.0 Å². The second-order valence-electron chi connectivity index (χ2n) is 31.8. The van der Waals surface area contributed by atoms with Gasteiger partial charge in [-0.25, -0.2) is 9.13 Å².